The van der Waals surface area contributed by atoms with Crippen LogP contribution in [0.1, 0.15) is 5.56 Å². The van der Waals surface area contributed by atoms with Crippen molar-refractivity contribution in [3.05, 3.63) is 62.8 Å². The molecule has 6 nitrogen and oxygen atoms in total. The molecule has 2 rings (SSSR count). The zero-order valence-corrected chi connectivity index (χ0v) is 15.5. The molecule has 0 aliphatic carbocycles. The Morgan fingerprint density at radius 2 is 1.58 bits per heavy atom. The van der Waals surface area contributed by atoms with Crippen molar-refractivity contribution < 1.29 is 14.0 Å². The molecule has 0 spiro atoms. The van der Waals surface area contributed by atoms with Gasteiger partial charge in [0.2, 0.25) is 0 Å². The number of hydrazine groups is 1. The first kappa shape index (κ1) is 20.1. The summed E-state index contributed by atoms with van der Waals surface area (Å²) in [7, 11) is 0. The zero-order chi connectivity index (χ0) is 19.1. The molecule has 0 fully saturated rings. The molecule has 0 aromatic heterocycles. The smallest absolute Gasteiger partial charge is 0.315 e. The molecular formula is C16H14Cl3FN4O2. The lowest BCUT2D eigenvalue weighted by Crippen LogP contribution is -2.43. The number of rotatable bonds is 6. The van der Waals surface area contributed by atoms with E-state index in [0.29, 0.717) is 5.02 Å². The topological polar surface area (TPSA) is 82.3 Å². The Hall–Kier alpha value is -2.22. The molecule has 0 atom stereocenters. The number of benzene rings is 2. The molecule has 138 valence electrons. The minimum absolute atomic E-state index is 0.196. The fourth-order valence-corrected chi connectivity index (χ4v) is 2.76. The van der Waals surface area contributed by atoms with E-state index in [1.165, 1.54) is 24.3 Å². The predicted octanol–water partition coefficient (Wildman–Crippen LogP) is 3.73. The molecule has 0 unspecified atom stereocenters. The van der Waals surface area contributed by atoms with E-state index < -0.39 is 11.9 Å². The average molecular weight is 420 g/mol. The van der Waals surface area contributed by atoms with Gasteiger partial charge in [0, 0.05) is 11.6 Å². The second-order valence-electron chi connectivity index (χ2n) is 5.08. The number of nitrogens with one attached hydrogen (secondary N) is 4. The van der Waals surface area contributed by atoms with Gasteiger partial charge in [-0.3, -0.25) is 15.6 Å². The van der Waals surface area contributed by atoms with Crippen LogP contribution >= 0.6 is 34.8 Å². The summed E-state index contributed by atoms with van der Waals surface area (Å²) in [5.74, 6) is -0.882. The maximum absolute atomic E-state index is 12.8. The summed E-state index contributed by atoms with van der Waals surface area (Å²) in [6.45, 7) is -0.0902. The van der Waals surface area contributed by atoms with Crippen molar-refractivity contribution in [3.63, 3.8) is 0 Å². The number of carbonyl (C=O) groups excluding carboxylic acids is 2. The van der Waals surface area contributed by atoms with Gasteiger partial charge in [0.25, 0.3) is 5.91 Å². The highest BCUT2D eigenvalue weighted by Gasteiger charge is 2.10. The van der Waals surface area contributed by atoms with Gasteiger partial charge in [-0.15, -0.1) is 0 Å². The largest absolute Gasteiger partial charge is 0.334 e. The molecule has 0 saturated carbocycles. The standard InChI is InChI=1S/C16H14Cl3FN4O2/c17-10-5-12(18)15(13(19)6-10)24-23-14(25)8-22-16(26)21-7-9-1-3-11(20)4-2-9/h1-6,24H,7-8H2,(H,23,25)(H2,21,22,26). The number of halogens is 4. The van der Waals surface area contributed by atoms with E-state index in [-0.39, 0.29) is 34.6 Å². The van der Waals surface area contributed by atoms with Crippen LogP contribution in [0.2, 0.25) is 15.1 Å². The molecule has 10 heteroatoms. The Balaban J connectivity index is 1.73. The van der Waals surface area contributed by atoms with Gasteiger partial charge < -0.3 is 10.6 Å². The fraction of sp³-hybridized carbons (Fsp3) is 0.125. The highest BCUT2D eigenvalue weighted by Crippen LogP contribution is 2.32. The van der Waals surface area contributed by atoms with Crippen molar-refractivity contribution in [2.45, 2.75) is 6.54 Å². The van der Waals surface area contributed by atoms with Gasteiger partial charge >= 0.3 is 6.03 Å². The van der Waals surface area contributed by atoms with Gasteiger partial charge in [-0.05, 0) is 29.8 Å². The van der Waals surface area contributed by atoms with Crippen LogP contribution in [0.4, 0.5) is 14.9 Å². The minimum Gasteiger partial charge on any atom is -0.334 e. The van der Waals surface area contributed by atoms with Crippen LogP contribution in [0.3, 0.4) is 0 Å². The number of hydrogen-bond acceptors (Lipinski definition) is 3. The van der Waals surface area contributed by atoms with Crippen LogP contribution in [0.25, 0.3) is 0 Å². The van der Waals surface area contributed by atoms with E-state index in [4.69, 9.17) is 34.8 Å². The van der Waals surface area contributed by atoms with Crippen LogP contribution in [-0.4, -0.2) is 18.5 Å². The number of carbonyl (C=O) groups is 2. The fourth-order valence-electron chi connectivity index (χ4n) is 1.85. The molecule has 0 heterocycles. The molecule has 0 aliphatic rings. The Kier molecular flexibility index (Phi) is 7.32. The van der Waals surface area contributed by atoms with Crippen molar-refractivity contribution in [2.24, 2.45) is 0 Å². The maximum atomic E-state index is 12.8. The first-order chi connectivity index (χ1) is 12.3. The third kappa shape index (κ3) is 6.25. The summed E-state index contributed by atoms with van der Waals surface area (Å²) in [6, 6.07) is 8.06. The summed E-state index contributed by atoms with van der Waals surface area (Å²) >= 11 is 17.7. The number of hydrogen-bond donors (Lipinski definition) is 4. The van der Waals surface area contributed by atoms with Crippen LogP contribution in [-0.2, 0) is 11.3 Å². The van der Waals surface area contributed by atoms with E-state index in [9.17, 15) is 14.0 Å². The minimum atomic E-state index is -0.549. The highest BCUT2D eigenvalue weighted by molar-refractivity contribution is 6.41. The van der Waals surface area contributed by atoms with Gasteiger partial charge in [-0.1, -0.05) is 46.9 Å². The second kappa shape index (κ2) is 9.47. The second-order valence-corrected chi connectivity index (χ2v) is 6.33. The molecule has 0 radical (unpaired) electrons. The summed E-state index contributed by atoms with van der Waals surface area (Å²) in [4.78, 5) is 23.4. The van der Waals surface area contributed by atoms with Crippen LogP contribution < -0.4 is 21.5 Å². The van der Waals surface area contributed by atoms with Gasteiger partial charge in [-0.2, -0.15) is 0 Å². The highest BCUT2D eigenvalue weighted by atomic mass is 35.5. The predicted molar refractivity (Wildman–Crippen MR) is 99.9 cm³/mol. The Labute approximate surface area is 164 Å². The van der Waals surface area contributed by atoms with Crippen LogP contribution in [0, 0.1) is 5.82 Å². The van der Waals surface area contributed by atoms with Crippen molar-refractivity contribution in [1.29, 1.82) is 0 Å². The van der Waals surface area contributed by atoms with Gasteiger partial charge in [0.05, 0.1) is 15.7 Å². The van der Waals surface area contributed by atoms with Crippen molar-refractivity contribution in [3.8, 4) is 0 Å². The van der Waals surface area contributed by atoms with Crippen molar-refractivity contribution in [2.75, 3.05) is 12.0 Å². The third-order valence-corrected chi connectivity index (χ3v) is 3.92. The Morgan fingerprint density at radius 3 is 2.19 bits per heavy atom. The third-order valence-electron chi connectivity index (χ3n) is 3.11. The number of urea groups is 1. The van der Waals surface area contributed by atoms with E-state index in [0.717, 1.165) is 5.56 Å². The molecule has 0 saturated heterocycles. The summed E-state index contributed by atoms with van der Waals surface area (Å²) in [5.41, 5.74) is 5.92. The lowest BCUT2D eigenvalue weighted by molar-refractivity contribution is -0.119. The molecular weight excluding hydrogens is 406 g/mol. The Bertz CT molecular complexity index is 780. The van der Waals surface area contributed by atoms with E-state index >= 15 is 0 Å². The molecule has 4 N–H and O–H groups in total. The lowest BCUT2D eigenvalue weighted by Gasteiger charge is -2.12. The van der Waals surface area contributed by atoms with Crippen LogP contribution in [0.15, 0.2) is 36.4 Å². The number of anilines is 1. The summed E-state index contributed by atoms with van der Waals surface area (Å²) in [6.07, 6.45) is 0. The first-order valence-electron chi connectivity index (χ1n) is 7.30. The van der Waals surface area contributed by atoms with E-state index in [1.807, 2.05) is 0 Å². The first-order valence-corrected chi connectivity index (χ1v) is 8.44. The molecule has 2 aromatic rings. The van der Waals surface area contributed by atoms with Crippen molar-refractivity contribution >= 4 is 52.4 Å². The molecule has 26 heavy (non-hydrogen) atoms. The lowest BCUT2D eigenvalue weighted by atomic mass is 10.2. The van der Waals surface area contributed by atoms with Gasteiger partial charge in [0.15, 0.2) is 0 Å². The van der Waals surface area contributed by atoms with E-state index in [2.05, 4.69) is 21.5 Å². The molecule has 0 aliphatic heterocycles. The SMILES string of the molecule is O=C(CNC(=O)NCc1ccc(F)cc1)NNc1c(Cl)cc(Cl)cc1Cl. The normalized spacial score (nSPS) is 10.2. The summed E-state index contributed by atoms with van der Waals surface area (Å²) in [5, 5.41) is 5.73. The molecule has 3 amide bonds. The van der Waals surface area contributed by atoms with Crippen LogP contribution in [0.5, 0.6) is 0 Å². The zero-order valence-electron chi connectivity index (χ0n) is 13.2. The van der Waals surface area contributed by atoms with E-state index in [1.54, 1.807) is 12.1 Å². The number of amides is 3. The van der Waals surface area contributed by atoms with Crippen molar-refractivity contribution in [1.82, 2.24) is 16.1 Å². The molecule has 2 aromatic carbocycles. The Morgan fingerprint density at radius 1 is 0.962 bits per heavy atom. The maximum Gasteiger partial charge on any atom is 0.315 e. The summed E-state index contributed by atoms with van der Waals surface area (Å²) < 4.78 is 12.8. The molecule has 0 bridgehead atoms. The average Bonchev–Trinajstić information content (AvgIpc) is 2.58. The van der Waals surface area contributed by atoms with Gasteiger partial charge in [0.1, 0.15) is 12.4 Å². The quantitative estimate of drug-likeness (QED) is 0.539. The van der Waals surface area contributed by atoms with Gasteiger partial charge in [-0.25, -0.2) is 9.18 Å². The monoisotopic (exact) mass is 418 g/mol.